The molecule has 0 unspecified atom stereocenters. The van der Waals surface area contributed by atoms with Crippen molar-refractivity contribution in [2.75, 3.05) is 0 Å². The summed E-state index contributed by atoms with van der Waals surface area (Å²) in [7, 11) is 0. The van der Waals surface area contributed by atoms with Gasteiger partial charge in [-0.2, -0.15) is 0 Å². The Bertz CT molecular complexity index is 1570. The number of halogens is 3. The molecule has 0 radical (unpaired) electrons. The Balaban J connectivity index is 1.79. The summed E-state index contributed by atoms with van der Waals surface area (Å²) in [5, 5.41) is 10.3. The number of ether oxygens (including phenoxy) is 1. The van der Waals surface area contributed by atoms with Gasteiger partial charge in [0.1, 0.15) is 35.0 Å². The predicted molar refractivity (Wildman–Crippen MR) is 134 cm³/mol. The van der Waals surface area contributed by atoms with Gasteiger partial charge in [0.05, 0.1) is 17.1 Å². The van der Waals surface area contributed by atoms with E-state index in [4.69, 9.17) is 4.74 Å². The molecule has 0 aliphatic heterocycles. The third kappa shape index (κ3) is 5.42. The average molecular weight is 526 g/mol. The highest BCUT2D eigenvalue weighted by Crippen LogP contribution is 2.30. The molecule has 0 aliphatic carbocycles. The molecular weight excluding hydrogens is 499 g/mol. The quantitative estimate of drug-likeness (QED) is 0.366. The first kappa shape index (κ1) is 26.9. The Morgan fingerprint density at radius 2 is 1.79 bits per heavy atom. The van der Waals surface area contributed by atoms with E-state index in [1.165, 1.54) is 30.7 Å². The molecule has 1 N–H and O–H groups in total. The van der Waals surface area contributed by atoms with Crippen molar-refractivity contribution in [3.05, 3.63) is 92.9 Å². The molecule has 4 aromatic rings. The third-order valence-electron chi connectivity index (χ3n) is 5.81. The number of alkyl halides is 2. The lowest BCUT2D eigenvalue weighted by atomic mass is 10.1. The summed E-state index contributed by atoms with van der Waals surface area (Å²) in [5.74, 6) is -0.808. The van der Waals surface area contributed by atoms with Crippen molar-refractivity contribution in [2.45, 2.75) is 53.3 Å². The molecule has 198 valence electrons. The van der Waals surface area contributed by atoms with Crippen LogP contribution in [0, 0.1) is 26.6 Å². The molecule has 8 nitrogen and oxygen atoms in total. The molecule has 11 heteroatoms. The van der Waals surface area contributed by atoms with E-state index in [-0.39, 0.29) is 17.3 Å². The lowest BCUT2D eigenvalue weighted by molar-refractivity contribution is 0.0688. The molecule has 0 spiro atoms. The summed E-state index contributed by atoms with van der Waals surface area (Å²) in [5.41, 5.74) is -0.681. The second-order valence-corrected chi connectivity index (χ2v) is 9.42. The highest BCUT2D eigenvalue weighted by molar-refractivity contribution is 5.59. The van der Waals surface area contributed by atoms with Gasteiger partial charge in [0.25, 0.3) is 12.0 Å². The van der Waals surface area contributed by atoms with Gasteiger partial charge in [-0.05, 0) is 63.9 Å². The van der Waals surface area contributed by atoms with Crippen LogP contribution in [0.2, 0.25) is 0 Å². The van der Waals surface area contributed by atoms with Crippen LogP contribution in [0.15, 0.2) is 47.7 Å². The maximum absolute atomic E-state index is 14.2. The highest BCUT2D eigenvalue weighted by Gasteiger charge is 2.25. The van der Waals surface area contributed by atoms with Crippen LogP contribution in [0.1, 0.15) is 54.2 Å². The zero-order valence-electron chi connectivity index (χ0n) is 21.5. The maximum atomic E-state index is 14.2. The minimum atomic E-state index is -3.15. The first-order valence-corrected chi connectivity index (χ1v) is 11.7. The van der Waals surface area contributed by atoms with Gasteiger partial charge in [0.15, 0.2) is 5.82 Å². The van der Waals surface area contributed by atoms with E-state index in [2.05, 4.69) is 19.9 Å². The van der Waals surface area contributed by atoms with Crippen LogP contribution in [0.25, 0.3) is 17.1 Å². The number of pyridine rings is 3. The van der Waals surface area contributed by atoms with Gasteiger partial charge in [0.2, 0.25) is 0 Å². The molecule has 38 heavy (non-hydrogen) atoms. The molecule has 0 saturated heterocycles. The Morgan fingerprint density at radius 3 is 2.45 bits per heavy atom. The van der Waals surface area contributed by atoms with Gasteiger partial charge < -0.3 is 9.84 Å². The standard InChI is InChI=1S/C27H26F3N5O3/c1-14-8-17(28)20(32-11-14)13-38-22-9-16(3)35(25(36)23(22)24(29)30)21-10-19(33-12-15(21)2)18-6-7-31-26(34-18)27(4,5)37/h6-12,24,37H,13H2,1-5H3. The first-order valence-electron chi connectivity index (χ1n) is 11.7. The van der Waals surface area contributed by atoms with Crippen LogP contribution in [0.4, 0.5) is 13.2 Å². The largest absolute Gasteiger partial charge is 0.486 e. The van der Waals surface area contributed by atoms with Crippen LogP contribution >= 0.6 is 0 Å². The predicted octanol–water partition coefficient (Wildman–Crippen LogP) is 4.89. The Hall–Kier alpha value is -4.12. The number of nitrogens with zero attached hydrogens (tertiary/aromatic N) is 5. The summed E-state index contributed by atoms with van der Waals surface area (Å²) in [6, 6.07) is 5.72. The number of aromatic nitrogens is 5. The topological polar surface area (TPSA) is 103 Å². The monoisotopic (exact) mass is 525 g/mol. The zero-order chi connectivity index (χ0) is 27.8. The minimum absolute atomic E-state index is 0.0671. The molecule has 0 atom stereocenters. The zero-order valence-corrected chi connectivity index (χ0v) is 21.5. The molecule has 0 amide bonds. The van der Waals surface area contributed by atoms with Gasteiger partial charge in [-0.15, -0.1) is 0 Å². The van der Waals surface area contributed by atoms with Gasteiger partial charge in [-0.3, -0.25) is 19.3 Å². The fourth-order valence-corrected chi connectivity index (χ4v) is 3.84. The van der Waals surface area contributed by atoms with Gasteiger partial charge in [-0.1, -0.05) is 0 Å². The van der Waals surface area contributed by atoms with Crippen molar-refractivity contribution in [3.63, 3.8) is 0 Å². The van der Waals surface area contributed by atoms with E-state index >= 15 is 0 Å². The summed E-state index contributed by atoms with van der Waals surface area (Å²) >= 11 is 0. The van der Waals surface area contributed by atoms with E-state index in [0.29, 0.717) is 33.9 Å². The van der Waals surface area contributed by atoms with Crippen LogP contribution in [0.5, 0.6) is 5.75 Å². The molecule has 4 rings (SSSR count). The van der Waals surface area contributed by atoms with Crippen molar-refractivity contribution < 1.29 is 23.0 Å². The Kier molecular flexibility index (Phi) is 7.32. The van der Waals surface area contributed by atoms with E-state index in [9.17, 15) is 23.1 Å². The minimum Gasteiger partial charge on any atom is -0.486 e. The highest BCUT2D eigenvalue weighted by atomic mass is 19.3. The summed E-state index contributed by atoms with van der Waals surface area (Å²) in [6.45, 7) is 7.60. The number of rotatable bonds is 7. The van der Waals surface area contributed by atoms with Crippen molar-refractivity contribution in [2.24, 2.45) is 0 Å². The second kappa shape index (κ2) is 10.3. The van der Waals surface area contributed by atoms with E-state index in [1.54, 1.807) is 46.8 Å². The smallest absolute Gasteiger partial charge is 0.272 e. The summed E-state index contributed by atoms with van der Waals surface area (Å²) in [6.07, 6.45) is 1.25. The first-order chi connectivity index (χ1) is 17.9. The van der Waals surface area contributed by atoms with Crippen molar-refractivity contribution in [1.29, 1.82) is 0 Å². The fourth-order valence-electron chi connectivity index (χ4n) is 3.84. The number of hydrogen-bond acceptors (Lipinski definition) is 7. The van der Waals surface area contributed by atoms with Crippen molar-refractivity contribution >= 4 is 0 Å². The fraction of sp³-hybridized carbons (Fsp3) is 0.296. The molecule has 4 aromatic heterocycles. The molecule has 0 saturated carbocycles. The van der Waals surface area contributed by atoms with Crippen molar-refractivity contribution in [3.8, 4) is 22.8 Å². The summed E-state index contributed by atoms with van der Waals surface area (Å²) < 4.78 is 49.1. The lowest BCUT2D eigenvalue weighted by Gasteiger charge is -2.19. The van der Waals surface area contributed by atoms with Crippen LogP contribution < -0.4 is 10.3 Å². The normalized spacial score (nSPS) is 11.7. The van der Waals surface area contributed by atoms with Crippen molar-refractivity contribution in [1.82, 2.24) is 24.5 Å². The van der Waals surface area contributed by atoms with Gasteiger partial charge in [0, 0.05) is 30.4 Å². The van der Waals surface area contributed by atoms with E-state index in [0.717, 1.165) is 4.57 Å². The Labute approximate surface area is 216 Å². The van der Waals surface area contributed by atoms with Crippen LogP contribution in [0.3, 0.4) is 0 Å². The lowest BCUT2D eigenvalue weighted by Crippen LogP contribution is -2.26. The second-order valence-electron chi connectivity index (χ2n) is 9.42. The molecule has 0 aromatic carbocycles. The number of aryl methyl sites for hydroxylation is 3. The van der Waals surface area contributed by atoms with Crippen LogP contribution in [-0.2, 0) is 12.2 Å². The molecule has 4 heterocycles. The molecular formula is C27H26F3N5O3. The summed E-state index contributed by atoms with van der Waals surface area (Å²) in [4.78, 5) is 30.2. The molecule has 0 aliphatic rings. The van der Waals surface area contributed by atoms with E-state index < -0.39 is 35.6 Å². The molecule has 0 fully saturated rings. The van der Waals surface area contributed by atoms with Gasteiger partial charge >= 0.3 is 0 Å². The number of aliphatic hydroxyl groups is 1. The number of hydrogen-bond donors (Lipinski definition) is 1. The Morgan fingerprint density at radius 1 is 1.05 bits per heavy atom. The van der Waals surface area contributed by atoms with E-state index in [1.807, 2.05) is 0 Å². The maximum Gasteiger partial charge on any atom is 0.272 e. The SMILES string of the molecule is Cc1cnc(COc2cc(C)n(-c3cc(-c4ccnc(C(C)(C)O)n4)ncc3C)c(=O)c2C(F)F)c(F)c1. The van der Waals surface area contributed by atoms with Gasteiger partial charge in [-0.25, -0.2) is 23.1 Å². The average Bonchev–Trinajstić information content (AvgIpc) is 2.83. The third-order valence-corrected chi connectivity index (χ3v) is 5.81. The molecule has 0 bridgehead atoms. The van der Waals surface area contributed by atoms with Crippen LogP contribution in [-0.4, -0.2) is 29.6 Å².